The maximum Gasteiger partial charge on any atom is 0.273 e. The van der Waals surface area contributed by atoms with Gasteiger partial charge in [-0.2, -0.15) is 0 Å². The molecule has 0 heterocycles. The summed E-state index contributed by atoms with van der Waals surface area (Å²) in [6, 6.07) is 7.31. The molecule has 0 aromatic heterocycles. The summed E-state index contributed by atoms with van der Waals surface area (Å²) in [6.45, 7) is 1.50. The Morgan fingerprint density at radius 2 is 1.91 bits per heavy atom. The molecule has 0 aliphatic rings. The second-order valence-electron chi connectivity index (χ2n) is 4.44. The zero-order valence-electron chi connectivity index (χ0n) is 11.2. The smallest absolute Gasteiger partial charge is 0.273 e. The van der Waals surface area contributed by atoms with Crippen LogP contribution in [-0.2, 0) is 10.0 Å². The molecule has 0 atom stereocenters. The molecule has 0 aliphatic heterocycles. The minimum Gasteiger partial charge on any atom is -0.277 e. The number of aryl methyl sites for hydroxylation is 1. The van der Waals surface area contributed by atoms with E-state index in [-0.39, 0.29) is 16.3 Å². The van der Waals surface area contributed by atoms with E-state index in [1.54, 1.807) is 0 Å². The van der Waals surface area contributed by atoms with Gasteiger partial charge in [-0.25, -0.2) is 12.8 Å². The van der Waals surface area contributed by atoms with Gasteiger partial charge in [-0.1, -0.05) is 22.0 Å². The SMILES string of the molecule is Cc1ccc(S(=O)(=O)Nc2ccc(Br)cc2F)cc1[N+](=O)[O-]. The minimum atomic E-state index is -4.13. The predicted molar refractivity (Wildman–Crippen MR) is 82.7 cm³/mol. The summed E-state index contributed by atoms with van der Waals surface area (Å²) in [5.41, 5.74) is -0.232. The van der Waals surface area contributed by atoms with Gasteiger partial charge in [-0.05, 0) is 31.2 Å². The molecule has 0 fully saturated rings. The molecule has 2 aromatic rings. The van der Waals surface area contributed by atoms with Crippen molar-refractivity contribution in [3.8, 4) is 0 Å². The average Bonchev–Trinajstić information content (AvgIpc) is 2.42. The van der Waals surface area contributed by atoms with Crippen LogP contribution in [0.2, 0.25) is 0 Å². The summed E-state index contributed by atoms with van der Waals surface area (Å²) in [6.07, 6.45) is 0. The molecule has 9 heteroatoms. The number of hydrogen-bond donors (Lipinski definition) is 1. The fourth-order valence-electron chi connectivity index (χ4n) is 1.73. The Bertz CT molecular complexity index is 855. The molecule has 0 saturated carbocycles. The second kappa shape index (κ2) is 6.01. The van der Waals surface area contributed by atoms with Gasteiger partial charge in [0, 0.05) is 16.1 Å². The number of nitrogens with zero attached hydrogens (tertiary/aromatic N) is 1. The molecule has 0 unspecified atom stereocenters. The third-order valence-electron chi connectivity index (χ3n) is 2.86. The Hall–Kier alpha value is -2.00. The number of benzene rings is 2. The van der Waals surface area contributed by atoms with Crippen molar-refractivity contribution in [1.82, 2.24) is 0 Å². The molecule has 2 aromatic carbocycles. The highest BCUT2D eigenvalue weighted by molar-refractivity contribution is 9.10. The topological polar surface area (TPSA) is 89.3 Å². The molecule has 0 spiro atoms. The van der Waals surface area contributed by atoms with Crippen LogP contribution < -0.4 is 4.72 Å². The Morgan fingerprint density at radius 1 is 1.23 bits per heavy atom. The highest BCUT2D eigenvalue weighted by Gasteiger charge is 2.21. The van der Waals surface area contributed by atoms with Crippen molar-refractivity contribution in [3.05, 3.63) is 62.4 Å². The van der Waals surface area contributed by atoms with Crippen LogP contribution in [0.4, 0.5) is 15.8 Å². The zero-order valence-corrected chi connectivity index (χ0v) is 13.6. The quantitative estimate of drug-likeness (QED) is 0.639. The minimum absolute atomic E-state index is 0.244. The van der Waals surface area contributed by atoms with Crippen molar-refractivity contribution >= 4 is 37.3 Å². The molecule has 0 saturated heterocycles. The first-order chi connectivity index (χ1) is 10.2. The number of sulfonamides is 1. The lowest BCUT2D eigenvalue weighted by Gasteiger charge is -2.09. The van der Waals surface area contributed by atoms with Crippen LogP contribution in [0.15, 0.2) is 45.8 Å². The number of rotatable bonds is 4. The fourth-order valence-corrected chi connectivity index (χ4v) is 3.15. The molecular formula is C13H10BrFN2O4S. The van der Waals surface area contributed by atoms with Crippen molar-refractivity contribution in [2.24, 2.45) is 0 Å². The molecule has 0 amide bonds. The van der Waals surface area contributed by atoms with Crippen molar-refractivity contribution in [1.29, 1.82) is 0 Å². The molecule has 116 valence electrons. The van der Waals surface area contributed by atoms with E-state index < -0.39 is 20.8 Å². The average molecular weight is 389 g/mol. The van der Waals surface area contributed by atoms with Crippen LogP contribution in [0.3, 0.4) is 0 Å². The summed E-state index contributed by atoms with van der Waals surface area (Å²) in [5.74, 6) is -0.764. The van der Waals surface area contributed by atoms with E-state index in [0.29, 0.717) is 10.0 Å². The summed E-state index contributed by atoms with van der Waals surface area (Å²) in [7, 11) is -4.13. The van der Waals surface area contributed by atoms with Gasteiger partial charge < -0.3 is 0 Å². The van der Waals surface area contributed by atoms with Gasteiger partial charge in [-0.15, -0.1) is 0 Å². The van der Waals surface area contributed by atoms with Gasteiger partial charge in [-0.3, -0.25) is 14.8 Å². The van der Waals surface area contributed by atoms with Crippen molar-refractivity contribution < 1.29 is 17.7 Å². The van der Waals surface area contributed by atoms with Crippen LogP contribution in [0.25, 0.3) is 0 Å². The number of anilines is 1. The summed E-state index contributed by atoms with van der Waals surface area (Å²) < 4.78 is 40.7. The van der Waals surface area contributed by atoms with E-state index in [1.165, 1.54) is 31.2 Å². The Morgan fingerprint density at radius 3 is 2.50 bits per heavy atom. The first-order valence-electron chi connectivity index (χ1n) is 5.93. The predicted octanol–water partition coefficient (Wildman–Crippen LogP) is 3.61. The van der Waals surface area contributed by atoms with Crippen molar-refractivity contribution in [3.63, 3.8) is 0 Å². The van der Waals surface area contributed by atoms with E-state index in [0.717, 1.165) is 12.1 Å². The molecule has 0 aliphatic carbocycles. The lowest BCUT2D eigenvalue weighted by Crippen LogP contribution is -2.14. The third kappa shape index (κ3) is 3.42. The Balaban J connectivity index is 2.42. The van der Waals surface area contributed by atoms with Gasteiger partial charge in [0.15, 0.2) is 0 Å². The summed E-state index contributed by atoms with van der Waals surface area (Å²) >= 11 is 3.06. The molecular weight excluding hydrogens is 379 g/mol. The van der Waals surface area contributed by atoms with E-state index in [9.17, 15) is 22.9 Å². The molecule has 6 nitrogen and oxygen atoms in total. The number of nitro groups is 1. The third-order valence-corrected chi connectivity index (χ3v) is 4.72. The summed E-state index contributed by atoms with van der Waals surface area (Å²) in [4.78, 5) is 9.89. The maximum absolute atomic E-state index is 13.7. The highest BCUT2D eigenvalue weighted by atomic mass is 79.9. The normalized spacial score (nSPS) is 11.2. The van der Waals surface area contributed by atoms with Crippen LogP contribution in [-0.4, -0.2) is 13.3 Å². The molecule has 0 bridgehead atoms. The van der Waals surface area contributed by atoms with E-state index >= 15 is 0 Å². The first-order valence-corrected chi connectivity index (χ1v) is 8.21. The fraction of sp³-hybridized carbons (Fsp3) is 0.0769. The Labute approximate surface area is 134 Å². The van der Waals surface area contributed by atoms with Crippen LogP contribution in [0.1, 0.15) is 5.56 Å². The number of nitrogens with one attached hydrogen (secondary N) is 1. The monoisotopic (exact) mass is 388 g/mol. The lowest BCUT2D eigenvalue weighted by atomic mass is 10.2. The standard InChI is InChI=1S/C13H10BrFN2O4S/c1-8-2-4-10(7-13(8)17(18)19)22(20,21)16-12-5-3-9(14)6-11(12)15/h2-7,16H,1H3. The number of nitro benzene ring substituents is 1. The van der Waals surface area contributed by atoms with E-state index in [4.69, 9.17) is 0 Å². The number of halogens is 2. The van der Waals surface area contributed by atoms with Crippen molar-refractivity contribution in [2.45, 2.75) is 11.8 Å². The van der Waals surface area contributed by atoms with Crippen LogP contribution in [0, 0.1) is 22.9 Å². The van der Waals surface area contributed by atoms with Crippen LogP contribution in [0.5, 0.6) is 0 Å². The van der Waals surface area contributed by atoms with Crippen molar-refractivity contribution in [2.75, 3.05) is 4.72 Å². The van der Waals surface area contributed by atoms with E-state index in [2.05, 4.69) is 20.7 Å². The first kappa shape index (κ1) is 16.4. The largest absolute Gasteiger partial charge is 0.277 e. The van der Waals surface area contributed by atoms with Gasteiger partial charge in [0.2, 0.25) is 0 Å². The molecule has 0 radical (unpaired) electrons. The molecule has 22 heavy (non-hydrogen) atoms. The van der Waals surface area contributed by atoms with Gasteiger partial charge in [0.05, 0.1) is 15.5 Å². The Kier molecular flexibility index (Phi) is 4.47. The van der Waals surface area contributed by atoms with Crippen LogP contribution >= 0.6 is 15.9 Å². The maximum atomic E-state index is 13.7. The van der Waals surface area contributed by atoms with Gasteiger partial charge in [0.25, 0.3) is 15.7 Å². The van der Waals surface area contributed by atoms with Gasteiger partial charge in [0.1, 0.15) is 5.82 Å². The number of hydrogen-bond acceptors (Lipinski definition) is 4. The highest BCUT2D eigenvalue weighted by Crippen LogP contribution is 2.26. The second-order valence-corrected chi connectivity index (χ2v) is 7.03. The molecule has 2 rings (SSSR count). The van der Waals surface area contributed by atoms with Gasteiger partial charge >= 0.3 is 0 Å². The molecule has 1 N–H and O–H groups in total. The van der Waals surface area contributed by atoms with E-state index in [1.807, 2.05) is 0 Å². The lowest BCUT2D eigenvalue weighted by molar-refractivity contribution is -0.385. The zero-order chi connectivity index (χ0) is 16.5. The summed E-state index contributed by atoms with van der Waals surface area (Å²) in [5, 5.41) is 10.9.